The summed E-state index contributed by atoms with van der Waals surface area (Å²) in [5.41, 5.74) is -0.0375. The van der Waals surface area contributed by atoms with Gasteiger partial charge in [0, 0.05) is 11.4 Å². The minimum absolute atomic E-state index is 0.0375. The molecule has 0 atom stereocenters. The van der Waals surface area contributed by atoms with Gasteiger partial charge >= 0.3 is 12.0 Å². The van der Waals surface area contributed by atoms with Crippen molar-refractivity contribution in [3.63, 3.8) is 0 Å². The Labute approximate surface area is 122 Å². The molecule has 0 spiro atoms. The monoisotopic (exact) mass is 361 g/mol. The van der Waals surface area contributed by atoms with Gasteiger partial charge in [-0.2, -0.15) is 0 Å². The highest BCUT2D eigenvalue weighted by Gasteiger charge is 2.21. The average Bonchev–Trinajstić information content (AvgIpc) is 2.73. The second-order valence-corrected chi connectivity index (χ2v) is 6.19. The van der Waals surface area contributed by atoms with Crippen molar-refractivity contribution in [3.8, 4) is 0 Å². The molecule has 1 heterocycles. The third-order valence-electron chi connectivity index (χ3n) is 2.22. The van der Waals surface area contributed by atoms with E-state index in [-0.39, 0.29) is 26.8 Å². The van der Waals surface area contributed by atoms with Crippen molar-refractivity contribution in [1.82, 2.24) is 10.2 Å². The summed E-state index contributed by atoms with van der Waals surface area (Å²) in [5.74, 6) is -0.946. The number of anilines is 1. The Morgan fingerprint density at radius 1 is 1.40 bits per heavy atom. The highest BCUT2D eigenvalue weighted by atomic mass is 79.9. The first-order chi connectivity index (χ1) is 9.29. The van der Waals surface area contributed by atoms with Gasteiger partial charge in [0.25, 0.3) is 10.0 Å². The van der Waals surface area contributed by atoms with Crippen LogP contribution in [0, 0.1) is 6.92 Å². The van der Waals surface area contributed by atoms with E-state index >= 15 is 0 Å². The molecule has 0 fully saturated rings. The van der Waals surface area contributed by atoms with Crippen LogP contribution in [-0.4, -0.2) is 29.7 Å². The lowest BCUT2D eigenvalue weighted by molar-refractivity contribution is 0.0696. The van der Waals surface area contributed by atoms with Crippen LogP contribution < -0.4 is 4.72 Å². The lowest BCUT2D eigenvalue weighted by Gasteiger charge is -2.07. The average molecular weight is 362 g/mol. The fraction of sp³-hybridized carbons (Fsp3) is 0.100. The predicted octanol–water partition coefficient (Wildman–Crippen LogP) is 1.64. The van der Waals surface area contributed by atoms with Crippen LogP contribution in [0.5, 0.6) is 0 Å². The Bertz CT molecular complexity index is 771. The highest BCUT2D eigenvalue weighted by molar-refractivity contribution is 9.10. The van der Waals surface area contributed by atoms with Crippen molar-refractivity contribution in [2.45, 2.75) is 11.8 Å². The zero-order valence-corrected chi connectivity index (χ0v) is 12.4. The molecule has 0 amide bonds. The predicted molar refractivity (Wildman–Crippen MR) is 70.9 cm³/mol. The number of carbonyl (C=O) groups is 1. The Balaban J connectivity index is 2.37. The maximum atomic E-state index is 12.1. The topological polar surface area (TPSA) is 122 Å². The van der Waals surface area contributed by atoms with Crippen LogP contribution in [0.3, 0.4) is 0 Å². The van der Waals surface area contributed by atoms with Gasteiger partial charge in [-0.05, 0) is 34.1 Å². The number of aryl methyl sites for hydroxylation is 1. The third-order valence-corrected chi connectivity index (χ3v) is 4.51. The van der Waals surface area contributed by atoms with E-state index in [2.05, 4.69) is 30.8 Å². The molecule has 106 valence electrons. The summed E-state index contributed by atoms with van der Waals surface area (Å²) in [6, 6.07) is 3.27. The summed E-state index contributed by atoms with van der Waals surface area (Å²) >= 11 is 3.02. The van der Waals surface area contributed by atoms with Crippen molar-refractivity contribution in [3.05, 3.63) is 34.1 Å². The van der Waals surface area contributed by atoms with E-state index in [0.29, 0.717) is 0 Å². The van der Waals surface area contributed by atoms with Gasteiger partial charge in [0.1, 0.15) is 4.90 Å². The maximum Gasteiger partial charge on any atom is 0.335 e. The molecule has 20 heavy (non-hydrogen) atoms. The van der Waals surface area contributed by atoms with E-state index in [1.54, 1.807) is 0 Å². The third kappa shape index (κ3) is 2.96. The summed E-state index contributed by atoms with van der Waals surface area (Å²) in [7, 11) is -3.96. The Morgan fingerprint density at radius 2 is 2.10 bits per heavy atom. The number of nitrogens with zero attached hydrogens (tertiary/aromatic N) is 2. The SMILES string of the molecule is Cc1nnc(NS(=O)(=O)c2ccc(C(=O)O)cc2Br)o1. The normalized spacial score (nSPS) is 11.3. The minimum atomic E-state index is -3.96. The standard InChI is InChI=1S/C10H8BrN3O5S/c1-5-12-13-10(19-5)14-20(17,18)8-3-2-6(9(15)16)4-7(8)11/h2-4H,1H3,(H,13,14)(H,15,16). The number of carboxylic acids is 1. The second-order valence-electron chi connectivity index (χ2n) is 3.68. The molecule has 2 aromatic rings. The first-order valence-electron chi connectivity index (χ1n) is 5.15. The number of hydrogen-bond acceptors (Lipinski definition) is 6. The quantitative estimate of drug-likeness (QED) is 0.848. The molecule has 0 saturated carbocycles. The molecule has 0 aliphatic heterocycles. The molecular weight excluding hydrogens is 354 g/mol. The number of hydrogen-bond donors (Lipinski definition) is 2. The second kappa shape index (κ2) is 5.21. The summed E-state index contributed by atoms with van der Waals surface area (Å²) in [6.45, 7) is 1.52. The molecule has 8 nitrogen and oxygen atoms in total. The molecule has 0 saturated heterocycles. The van der Waals surface area contributed by atoms with Crippen LogP contribution in [0.25, 0.3) is 0 Å². The van der Waals surface area contributed by atoms with Gasteiger partial charge in [-0.25, -0.2) is 17.9 Å². The molecule has 1 aromatic heterocycles. The Hall–Kier alpha value is -1.94. The zero-order chi connectivity index (χ0) is 14.9. The van der Waals surface area contributed by atoms with Gasteiger partial charge in [-0.15, -0.1) is 5.10 Å². The number of benzene rings is 1. The van der Waals surface area contributed by atoms with Crippen molar-refractivity contribution < 1.29 is 22.7 Å². The van der Waals surface area contributed by atoms with E-state index < -0.39 is 16.0 Å². The zero-order valence-electron chi connectivity index (χ0n) is 9.99. The number of halogens is 1. The molecule has 0 radical (unpaired) electrons. The van der Waals surface area contributed by atoms with Crippen molar-refractivity contribution in [2.75, 3.05) is 4.72 Å². The van der Waals surface area contributed by atoms with Gasteiger partial charge in [0.15, 0.2) is 0 Å². The smallest absolute Gasteiger partial charge is 0.335 e. The van der Waals surface area contributed by atoms with Gasteiger partial charge in [0.05, 0.1) is 5.56 Å². The van der Waals surface area contributed by atoms with Crippen LogP contribution in [0.2, 0.25) is 0 Å². The summed E-state index contributed by atoms with van der Waals surface area (Å²) in [5, 5.41) is 15.8. The molecule has 0 unspecified atom stereocenters. The largest absolute Gasteiger partial charge is 0.478 e. The first kappa shape index (κ1) is 14.5. The first-order valence-corrected chi connectivity index (χ1v) is 7.43. The molecule has 0 aliphatic carbocycles. The van der Waals surface area contributed by atoms with Crippen LogP contribution >= 0.6 is 15.9 Å². The van der Waals surface area contributed by atoms with Crippen LogP contribution in [0.1, 0.15) is 16.2 Å². The van der Waals surface area contributed by atoms with E-state index in [9.17, 15) is 13.2 Å². The van der Waals surface area contributed by atoms with E-state index in [1.807, 2.05) is 0 Å². The molecular formula is C10H8BrN3O5S. The highest BCUT2D eigenvalue weighted by Crippen LogP contribution is 2.25. The van der Waals surface area contributed by atoms with E-state index in [1.165, 1.54) is 25.1 Å². The molecule has 2 N–H and O–H groups in total. The van der Waals surface area contributed by atoms with Crippen molar-refractivity contribution in [2.24, 2.45) is 0 Å². The number of carboxylic acid groups (broad SMARTS) is 1. The summed E-state index contributed by atoms with van der Waals surface area (Å²) in [6.07, 6.45) is 0. The van der Waals surface area contributed by atoms with Crippen LogP contribution in [0.4, 0.5) is 6.01 Å². The van der Waals surface area contributed by atoms with Gasteiger partial charge in [-0.1, -0.05) is 5.10 Å². The van der Waals surface area contributed by atoms with Crippen LogP contribution in [-0.2, 0) is 10.0 Å². The van der Waals surface area contributed by atoms with Gasteiger partial charge in [0.2, 0.25) is 5.89 Å². The fourth-order valence-electron chi connectivity index (χ4n) is 1.36. The number of aromatic nitrogens is 2. The molecule has 10 heteroatoms. The van der Waals surface area contributed by atoms with Crippen LogP contribution in [0.15, 0.2) is 32.0 Å². The maximum absolute atomic E-state index is 12.1. The lowest BCUT2D eigenvalue weighted by Crippen LogP contribution is -2.14. The number of rotatable bonds is 4. The molecule has 0 bridgehead atoms. The number of nitrogens with one attached hydrogen (secondary N) is 1. The van der Waals surface area contributed by atoms with E-state index in [4.69, 9.17) is 9.52 Å². The molecule has 1 aromatic carbocycles. The number of sulfonamides is 1. The fourth-order valence-corrected chi connectivity index (χ4v) is 3.36. The lowest BCUT2D eigenvalue weighted by atomic mass is 10.2. The minimum Gasteiger partial charge on any atom is -0.478 e. The van der Waals surface area contributed by atoms with Gasteiger partial charge in [-0.3, -0.25) is 0 Å². The Morgan fingerprint density at radius 3 is 2.60 bits per heavy atom. The van der Waals surface area contributed by atoms with Gasteiger partial charge < -0.3 is 9.52 Å². The summed E-state index contributed by atoms with van der Waals surface area (Å²) in [4.78, 5) is 10.6. The molecule has 0 aliphatic rings. The van der Waals surface area contributed by atoms with Crippen molar-refractivity contribution in [1.29, 1.82) is 0 Å². The van der Waals surface area contributed by atoms with E-state index in [0.717, 1.165) is 0 Å². The Kier molecular flexibility index (Phi) is 3.77. The summed E-state index contributed by atoms with van der Waals surface area (Å²) < 4.78 is 31.3. The number of aromatic carboxylic acids is 1. The molecule has 2 rings (SSSR count). The van der Waals surface area contributed by atoms with Crippen molar-refractivity contribution >= 4 is 37.9 Å².